The lowest BCUT2D eigenvalue weighted by Gasteiger charge is -2.08. The summed E-state index contributed by atoms with van der Waals surface area (Å²) >= 11 is 0. The third kappa shape index (κ3) is 1.40. The molecule has 3 aromatic rings. The first-order valence-electron chi connectivity index (χ1n) is 4.93. The number of nitrogens with zero attached hydrogens (tertiary/aromatic N) is 2. The smallest absolute Gasteiger partial charge is 0.462 e. The van der Waals surface area contributed by atoms with Gasteiger partial charge in [-0.05, 0) is 12.1 Å². The minimum Gasteiger partial charge on any atom is -0.462 e. The highest BCUT2D eigenvalue weighted by Gasteiger charge is 2.33. The Morgan fingerprint density at radius 1 is 1.22 bits per heavy atom. The molecule has 2 aromatic heterocycles. The molecule has 18 heavy (non-hydrogen) atoms. The summed E-state index contributed by atoms with van der Waals surface area (Å²) in [7, 11) is 0. The molecule has 0 spiro atoms. The van der Waals surface area contributed by atoms with Gasteiger partial charge in [0.2, 0.25) is 0 Å². The van der Waals surface area contributed by atoms with Gasteiger partial charge < -0.3 is 4.42 Å². The van der Waals surface area contributed by atoms with E-state index in [0.717, 1.165) is 12.3 Å². The van der Waals surface area contributed by atoms with Crippen molar-refractivity contribution in [3.63, 3.8) is 0 Å². The van der Waals surface area contributed by atoms with Gasteiger partial charge in [-0.1, -0.05) is 0 Å². The third-order valence-corrected chi connectivity index (χ3v) is 2.61. The van der Waals surface area contributed by atoms with E-state index in [1.54, 1.807) is 0 Å². The van der Waals surface area contributed by atoms with Crippen LogP contribution in [0.3, 0.4) is 0 Å². The van der Waals surface area contributed by atoms with E-state index < -0.39 is 11.7 Å². The number of fused-ring (bicyclic) bond motifs is 3. The summed E-state index contributed by atoms with van der Waals surface area (Å²) < 4.78 is 43.4. The largest absolute Gasteiger partial charge is 0.490 e. The highest BCUT2D eigenvalue weighted by Crippen LogP contribution is 2.30. The van der Waals surface area contributed by atoms with Gasteiger partial charge in [0.25, 0.3) is 0 Å². The lowest BCUT2D eigenvalue weighted by molar-refractivity contribution is -0.200. The van der Waals surface area contributed by atoms with Crippen molar-refractivity contribution in [1.82, 2.24) is 9.55 Å². The van der Waals surface area contributed by atoms with Crippen molar-refractivity contribution in [2.45, 2.75) is 6.30 Å². The fourth-order valence-corrected chi connectivity index (χ4v) is 1.83. The number of hydrogen-bond donors (Lipinski definition) is 0. The van der Waals surface area contributed by atoms with Gasteiger partial charge in [0.05, 0.1) is 17.2 Å². The molecular weight excluding hydrogens is 249 g/mol. The molecule has 0 N–H and O–H groups in total. The predicted molar refractivity (Wildman–Crippen MR) is 57.1 cm³/mol. The van der Waals surface area contributed by atoms with Crippen LogP contribution >= 0.6 is 0 Å². The first-order valence-corrected chi connectivity index (χ1v) is 4.93. The van der Waals surface area contributed by atoms with Crippen LogP contribution < -0.4 is 5.43 Å². The number of halogens is 3. The molecule has 0 fully saturated rings. The van der Waals surface area contributed by atoms with Crippen LogP contribution in [0.2, 0.25) is 0 Å². The van der Waals surface area contributed by atoms with Crippen molar-refractivity contribution in [3.8, 4) is 0 Å². The number of alkyl halides is 3. The van der Waals surface area contributed by atoms with Crippen LogP contribution in [0.5, 0.6) is 0 Å². The Morgan fingerprint density at radius 2 is 2.00 bits per heavy atom. The summed E-state index contributed by atoms with van der Waals surface area (Å²) in [5.41, 5.74) is -0.644. The molecular formula is C11H5F3N2O2. The zero-order valence-corrected chi connectivity index (χ0v) is 8.73. The predicted octanol–water partition coefficient (Wildman–Crippen LogP) is 2.62. The standard InChI is InChI=1S/C11H5F3N2O2/c12-11(13,14)16-5-15-7-2-1-6-8(17)3-4-18-10(6)9(7)16/h1-5H. The Labute approximate surface area is 97.3 Å². The molecule has 1 aromatic carbocycles. The van der Waals surface area contributed by atoms with Crippen LogP contribution in [0, 0.1) is 0 Å². The average Bonchev–Trinajstić information content (AvgIpc) is 2.73. The summed E-state index contributed by atoms with van der Waals surface area (Å²) in [6, 6.07) is 3.91. The number of rotatable bonds is 0. The first kappa shape index (κ1) is 10.8. The van der Waals surface area contributed by atoms with Gasteiger partial charge in [0.1, 0.15) is 11.8 Å². The van der Waals surface area contributed by atoms with Crippen LogP contribution in [-0.2, 0) is 6.30 Å². The van der Waals surface area contributed by atoms with Gasteiger partial charge in [-0.25, -0.2) is 9.55 Å². The minimum absolute atomic E-state index is 0.0353. The van der Waals surface area contributed by atoms with E-state index in [-0.39, 0.29) is 26.6 Å². The topological polar surface area (TPSA) is 48.0 Å². The third-order valence-electron chi connectivity index (χ3n) is 2.61. The number of hydrogen-bond acceptors (Lipinski definition) is 3. The van der Waals surface area contributed by atoms with Crippen molar-refractivity contribution in [2.24, 2.45) is 0 Å². The number of imidazole rings is 1. The first-order chi connectivity index (χ1) is 8.48. The number of benzene rings is 1. The maximum absolute atomic E-state index is 12.8. The fourth-order valence-electron chi connectivity index (χ4n) is 1.83. The Morgan fingerprint density at radius 3 is 2.72 bits per heavy atom. The van der Waals surface area contributed by atoms with Gasteiger partial charge in [-0.2, -0.15) is 0 Å². The molecule has 4 nitrogen and oxygen atoms in total. The Bertz CT molecular complexity index is 801. The second kappa shape index (κ2) is 3.34. The maximum Gasteiger partial charge on any atom is 0.490 e. The van der Waals surface area contributed by atoms with Crippen LogP contribution in [0.15, 0.2) is 40.0 Å². The molecule has 0 aliphatic heterocycles. The molecule has 2 heterocycles. The Kier molecular flexibility index (Phi) is 2.01. The van der Waals surface area contributed by atoms with E-state index in [1.165, 1.54) is 12.1 Å². The molecule has 3 rings (SSSR count). The zero-order valence-electron chi connectivity index (χ0n) is 8.73. The molecule has 0 radical (unpaired) electrons. The molecule has 7 heteroatoms. The molecule has 0 atom stereocenters. The summed E-state index contributed by atoms with van der Waals surface area (Å²) in [6.07, 6.45) is -2.88. The van der Waals surface area contributed by atoms with Crippen LogP contribution in [0.4, 0.5) is 13.2 Å². The van der Waals surface area contributed by atoms with Gasteiger partial charge >= 0.3 is 6.30 Å². The molecule has 0 saturated carbocycles. The highest BCUT2D eigenvalue weighted by molar-refractivity contribution is 6.00. The van der Waals surface area contributed by atoms with Crippen molar-refractivity contribution in [1.29, 1.82) is 0 Å². The van der Waals surface area contributed by atoms with Gasteiger partial charge in [0.15, 0.2) is 11.0 Å². The molecule has 0 bridgehead atoms. The van der Waals surface area contributed by atoms with Crippen molar-refractivity contribution in [3.05, 3.63) is 41.0 Å². The van der Waals surface area contributed by atoms with E-state index in [2.05, 4.69) is 4.98 Å². The molecule has 0 aliphatic rings. The second-order valence-corrected chi connectivity index (χ2v) is 3.68. The molecule has 0 unspecified atom stereocenters. The van der Waals surface area contributed by atoms with E-state index in [9.17, 15) is 18.0 Å². The number of aromatic nitrogens is 2. The highest BCUT2D eigenvalue weighted by atomic mass is 19.4. The van der Waals surface area contributed by atoms with Crippen molar-refractivity contribution >= 4 is 22.0 Å². The molecule has 0 aliphatic carbocycles. The molecule has 0 amide bonds. The normalized spacial score (nSPS) is 12.4. The monoisotopic (exact) mass is 254 g/mol. The van der Waals surface area contributed by atoms with E-state index in [0.29, 0.717) is 6.33 Å². The van der Waals surface area contributed by atoms with Crippen LogP contribution in [0.25, 0.3) is 22.0 Å². The van der Waals surface area contributed by atoms with Crippen molar-refractivity contribution < 1.29 is 17.6 Å². The Hall–Kier alpha value is -2.31. The Balaban J connectivity index is 2.57. The molecule has 92 valence electrons. The van der Waals surface area contributed by atoms with Crippen LogP contribution in [-0.4, -0.2) is 9.55 Å². The summed E-state index contributed by atoms with van der Waals surface area (Å²) in [6.45, 7) is 0. The SMILES string of the molecule is O=c1ccoc2c1ccc1ncn(C(F)(F)F)c12. The summed E-state index contributed by atoms with van der Waals surface area (Å²) in [4.78, 5) is 15.2. The maximum atomic E-state index is 12.8. The second-order valence-electron chi connectivity index (χ2n) is 3.68. The lowest BCUT2D eigenvalue weighted by Crippen LogP contribution is -2.15. The van der Waals surface area contributed by atoms with Gasteiger partial charge in [-0.15, -0.1) is 13.2 Å². The lowest BCUT2D eigenvalue weighted by atomic mass is 10.2. The quantitative estimate of drug-likeness (QED) is 0.619. The van der Waals surface area contributed by atoms with Crippen LogP contribution in [0.1, 0.15) is 0 Å². The summed E-state index contributed by atoms with van der Waals surface area (Å²) in [5, 5.41) is 0.0935. The van der Waals surface area contributed by atoms with Gasteiger partial charge in [-0.3, -0.25) is 4.79 Å². The van der Waals surface area contributed by atoms with Gasteiger partial charge in [0, 0.05) is 6.07 Å². The minimum atomic E-state index is -4.61. The summed E-state index contributed by atoms with van der Waals surface area (Å²) in [5.74, 6) is 0. The van der Waals surface area contributed by atoms with E-state index >= 15 is 0 Å². The molecule has 0 saturated heterocycles. The fraction of sp³-hybridized carbons (Fsp3) is 0.0909. The average molecular weight is 254 g/mol. The van der Waals surface area contributed by atoms with E-state index in [1.807, 2.05) is 0 Å². The zero-order chi connectivity index (χ0) is 12.9. The van der Waals surface area contributed by atoms with Crippen molar-refractivity contribution in [2.75, 3.05) is 0 Å². The van der Waals surface area contributed by atoms with E-state index in [4.69, 9.17) is 4.42 Å².